The van der Waals surface area contributed by atoms with Crippen molar-refractivity contribution >= 4 is 17.3 Å². The Balaban J connectivity index is 2.56. The van der Waals surface area contributed by atoms with Gasteiger partial charge in [0.2, 0.25) is 0 Å². The van der Waals surface area contributed by atoms with E-state index < -0.39 is 0 Å². The van der Waals surface area contributed by atoms with Crippen LogP contribution in [0, 0.1) is 0 Å². The molecular formula is C29H46N3+. The highest BCUT2D eigenvalue weighted by molar-refractivity contribution is 5.85. The van der Waals surface area contributed by atoms with E-state index in [1.54, 1.807) is 0 Å². The summed E-state index contributed by atoms with van der Waals surface area (Å²) in [5.74, 6) is 0.350. The fraction of sp³-hybridized carbons (Fsp3) is 0.552. The Morgan fingerprint density at radius 1 is 0.594 bits per heavy atom. The number of guanidine groups is 1. The minimum atomic E-state index is 0.350. The fourth-order valence-electron chi connectivity index (χ4n) is 4.33. The molecule has 0 heterocycles. The zero-order chi connectivity index (χ0) is 23.3. The molecule has 3 heteroatoms. The molecule has 0 aromatic heterocycles. The first-order valence-electron chi connectivity index (χ1n) is 13.0. The van der Waals surface area contributed by atoms with Crippen molar-refractivity contribution in [2.45, 2.75) is 105 Å². The molecule has 0 unspecified atom stereocenters. The maximum absolute atomic E-state index is 6.35. The van der Waals surface area contributed by atoms with Crippen LogP contribution in [-0.2, 0) is 25.7 Å². The molecule has 32 heavy (non-hydrogen) atoms. The molecular weight excluding hydrogens is 390 g/mol. The highest BCUT2D eigenvalue weighted by Gasteiger charge is 2.19. The molecule has 3 nitrogen and oxygen atoms in total. The van der Waals surface area contributed by atoms with Gasteiger partial charge in [0.1, 0.15) is 11.4 Å². The number of unbranched alkanes of at least 4 members (excludes halogenated alkanes) is 4. The number of nitrogens with zero attached hydrogens (tertiary/aromatic N) is 1. The van der Waals surface area contributed by atoms with E-state index in [9.17, 15) is 0 Å². The van der Waals surface area contributed by atoms with Crippen molar-refractivity contribution in [3.8, 4) is 0 Å². The van der Waals surface area contributed by atoms with Crippen LogP contribution in [0.5, 0.6) is 0 Å². The van der Waals surface area contributed by atoms with Crippen LogP contribution in [0.25, 0.3) is 0 Å². The van der Waals surface area contributed by atoms with E-state index in [1.165, 1.54) is 73.6 Å². The van der Waals surface area contributed by atoms with Crippen molar-refractivity contribution in [2.24, 2.45) is 11.5 Å². The van der Waals surface area contributed by atoms with Crippen LogP contribution in [0.3, 0.4) is 0 Å². The molecule has 0 saturated heterocycles. The molecule has 4 N–H and O–H groups in total. The van der Waals surface area contributed by atoms with Crippen LogP contribution in [0.15, 0.2) is 36.4 Å². The van der Waals surface area contributed by atoms with Gasteiger partial charge in [0.05, 0.1) is 0 Å². The van der Waals surface area contributed by atoms with E-state index in [0.717, 1.165) is 37.1 Å². The summed E-state index contributed by atoms with van der Waals surface area (Å²) in [4.78, 5) is 0. The third-order valence-electron chi connectivity index (χ3n) is 6.27. The minimum absolute atomic E-state index is 0.350. The third kappa shape index (κ3) is 7.39. The fourth-order valence-corrected chi connectivity index (χ4v) is 4.33. The van der Waals surface area contributed by atoms with Crippen LogP contribution in [-0.4, -0.2) is 5.96 Å². The first-order valence-corrected chi connectivity index (χ1v) is 13.0. The van der Waals surface area contributed by atoms with Gasteiger partial charge >= 0.3 is 5.96 Å². The highest BCUT2D eigenvalue weighted by atomic mass is 15.1. The summed E-state index contributed by atoms with van der Waals surface area (Å²) in [6.07, 6.45) is 13.9. The molecule has 2 aromatic carbocycles. The Hall–Kier alpha value is -2.29. The maximum atomic E-state index is 6.35. The van der Waals surface area contributed by atoms with Crippen molar-refractivity contribution in [3.63, 3.8) is 0 Å². The topological polar surface area (TPSA) is 55.0 Å². The Morgan fingerprint density at radius 2 is 0.969 bits per heavy atom. The Bertz CT molecular complexity index is 797. The van der Waals surface area contributed by atoms with Crippen LogP contribution >= 0.6 is 0 Å². The zero-order valence-corrected chi connectivity index (χ0v) is 21.1. The normalized spacial score (nSPS) is 11.0. The van der Waals surface area contributed by atoms with Gasteiger partial charge < -0.3 is 0 Å². The second kappa shape index (κ2) is 14.0. The number of aryl methyl sites for hydroxylation is 4. The number of hydrogen-bond donors (Lipinski definition) is 2. The molecule has 0 radical (unpaired) electrons. The standard InChI is InChI=1S/C29H45N3/c1-5-9-13-23-17-19-27(25(21-23)15-11-7-3)32(29(30)31)28-20-18-24(14-10-6-2)22-26(28)16-12-8-4/h17-22H,5-16H2,1-4H3,(H3,30,31)/p+1. The predicted molar refractivity (Wildman–Crippen MR) is 142 cm³/mol. The molecule has 0 bridgehead atoms. The lowest BCUT2D eigenvalue weighted by atomic mass is 9.97. The van der Waals surface area contributed by atoms with E-state index in [0.29, 0.717) is 5.96 Å². The molecule has 0 aliphatic carbocycles. The van der Waals surface area contributed by atoms with E-state index in [1.807, 2.05) is 0 Å². The van der Waals surface area contributed by atoms with Gasteiger partial charge in [-0.15, -0.1) is 0 Å². The summed E-state index contributed by atoms with van der Waals surface area (Å²) in [6, 6.07) is 13.8. The summed E-state index contributed by atoms with van der Waals surface area (Å²) in [7, 11) is 0. The Morgan fingerprint density at radius 3 is 1.31 bits per heavy atom. The average molecular weight is 437 g/mol. The molecule has 0 aliphatic rings. The first kappa shape index (κ1) is 26.0. The van der Waals surface area contributed by atoms with E-state index in [-0.39, 0.29) is 0 Å². The molecule has 2 aromatic rings. The van der Waals surface area contributed by atoms with Crippen LogP contribution in [0.4, 0.5) is 11.4 Å². The van der Waals surface area contributed by atoms with Gasteiger partial charge in [0, 0.05) is 0 Å². The van der Waals surface area contributed by atoms with Gasteiger partial charge in [-0.2, -0.15) is 4.58 Å². The van der Waals surface area contributed by atoms with Crippen molar-refractivity contribution in [1.82, 2.24) is 4.58 Å². The lowest BCUT2D eigenvalue weighted by molar-refractivity contribution is 0.770. The minimum Gasteiger partial charge on any atom is -0.290 e. The van der Waals surface area contributed by atoms with Crippen molar-refractivity contribution in [2.75, 3.05) is 0 Å². The third-order valence-corrected chi connectivity index (χ3v) is 6.27. The van der Waals surface area contributed by atoms with E-state index >= 15 is 0 Å². The number of hydrogen-bond acceptors (Lipinski definition) is 0. The maximum Gasteiger partial charge on any atom is 0.351 e. The largest absolute Gasteiger partial charge is 0.351 e. The van der Waals surface area contributed by atoms with Gasteiger partial charge in [0.15, 0.2) is 0 Å². The second-order valence-electron chi connectivity index (χ2n) is 9.10. The molecule has 2 rings (SSSR count). The lowest BCUT2D eigenvalue weighted by Crippen LogP contribution is -2.34. The molecule has 0 aliphatic heterocycles. The van der Waals surface area contributed by atoms with Gasteiger partial charge in [0.25, 0.3) is 0 Å². The predicted octanol–water partition coefficient (Wildman–Crippen LogP) is 7.17. The summed E-state index contributed by atoms with van der Waals surface area (Å²) < 4.78 is 2.10. The first-order chi connectivity index (χ1) is 15.5. The Kier molecular flexibility index (Phi) is 11.3. The number of benzene rings is 2. The molecule has 0 amide bonds. The summed E-state index contributed by atoms with van der Waals surface area (Å²) in [6.45, 7) is 9.00. The van der Waals surface area contributed by atoms with Gasteiger partial charge in [-0.3, -0.25) is 11.5 Å². The molecule has 0 spiro atoms. The van der Waals surface area contributed by atoms with Crippen molar-refractivity contribution < 1.29 is 0 Å². The van der Waals surface area contributed by atoms with Crippen LogP contribution < -0.4 is 16.0 Å². The van der Waals surface area contributed by atoms with Crippen LogP contribution in [0.2, 0.25) is 0 Å². The van der Waals surface area contributed by atoms with Gasteiger partial charge in [-0.1, -0.05) is 77.6 Å². The summed E-state index contributed by atoms with van der Waals surface area (Å²) in [5.41, 5.74) is 20.5. The summed E-state index contributed by atoms with van der Waals surface area (Å²) >= 11 is 0. The van der Waals surface area contributed by atoms with E-state index in [4.69, 9.17) is 11.5 Å². The molecule has 0 saturated carbocycles. The molecule has 0 atom stereocenters. The quantitative estimate of drug-likeness (QED) is 0.187. The average Bonchev–Trinajstić information content (AvgIpc) is 2.80. The molecule has 176 valence electrons. The van der Waals surface area contributed by atoms with E-state index in [2.05, 4.69) is 68.7 Å². The summed E-state index contributed by atoms with van der Waals surface area (Å²) in [5, 5.41) is 0. The lowest BCUT2D eigenvalue weighted by Gasteiger charge is -2.18. The monoisotopic (exact) mass is 436 g/mol. The molecule has 0 fully saturated rings. The number of rotatable bonds is 14. The second-order valence-corrected chi connectivity index (χ2v) is 9.10. The van der Waals surface area contributed by atoms with Crippen molar-refractivity contribution in [1.29, 1.82) is 0 Å². The SMILES string of the molecule is CCCCc1ccc([N+](=C(N)N)c2ccc(CCCC)cc2CCCC)c(CCCC)c1. The van der Waals surface area contributed by atoms with Gasteiger partial charge in [-0.05, 0) is 85.8 Å². The van der Waals surface area contributed by atoms with Gasteiger partial charge in [-0.25, -0.2) is 0 Å². The highest BCUT2D eigenvalue weighted by Crippen LogP contribution is 2.31. The van der Waals surface area contributed by atoms with Crippen molar-refractivity contribution in [3.05, 3.63) is 58.7 Å². The number of nitrogens with two attached hydrogens (primary N) is 2. The zero-order valence-electron chi connectivity index (χ0n) is 21.1. The van der Waals surface area contributed by atoms with Crippen LogP contribution in [0.1, 0.15) is 101 Å². The smallest absolute Gasteiger partial charge is 0.290 e. The Labute approximate surface area is 196 Å².